The molecule has 2 N–H and O–H groups in total. The van der Waals surface area contributed by atoms with E-state index >= 15 is 0 Å². The standard InChI is InChI=1S/C22H31N3O3/c26-20(23-17-7-3-1-2-4-8-17)22(11-12-22)21(27)24-18-9-5-6-10-19(18)25-13-15-28-16-14-25/h5-6,9-10,17H,1-4,7-8,11-16H2,(H,23,26)(H,24,27). The summed E-state index contributed by atoms with van der Waals surface area (Å²) in [5, 5.41) is 6.24. The van der Waals surface area contributed by atoms with Gasteiger partial charge in [-0.25, -0.2) is 0 Å². The Kier molecular flexibility index (Phi) is 5.85. The molecular formula is C22H31N3O3. The summed E-state index contributed by atoms with van der Waals surface area (Å²) in [7, 11) is 0. The van der Waals surface area contributed by atoms with Crippen LogP contribution in [0, 0.1) is 5.41 Å². The van der Waals surface area contributed by atoms with E-state index in [1.54, 1.807) is 0 Å². The minimum atomic E-state index is -0.884. The second-order valence-electron chi connectivity index (χ2n) is 8.31. The summed E-state index contributed by atoms with van der Waals surface area (Å²) in [4.78, 5) is 28.2. The first kappa shape index (κ1) is 19.2. The molecule has 2 saturated carbocycles. The van der Waals surface area contributed by atoms with Crippen molar-refractivity contribution in [2.45, 2.75) is 57.4 Å². The van der Waals surface area contributed by atoms with Crippen molar-refractivity contribution in [3.05, 3.63) is 24.3 Å². The second-order valence-corrected chi connectivity index (χ2v) is 8.31. The number of para-hydroxylation sites is 2. The topological polar surface area (TPSA) is 70.7 Å². The number of rotatable bonds is 5. The van der Waals surface area contributed by atoms with Crippen molar-refractivity contribution in [1.82, 2.24) is 5.32 Å². The molecule has 1 heterocycles. The van der Waals surface area contributed by atoms with Crippen LogP contribution in [-0.2, 0) is 14.3 Å². The van der Waals surface area contributed by atoms with Crippen LogP contribution >= 0.6 is 0 Å². The van der Waals surface area contributed by atoms with Crippen LogP contribution in [-0.4, -0.2) is 44.2 Å². The fraction of sp³-hybridized carbons (Fsp3) is 0.636. The van der Waals surface area contributed by atoms with Gasteiger partial charge in [0.15, 0.2) is 0 Å². The van der Waals surface area contributed by atoms with Gasteiger partial charge in [-0.1, -0.05) is 37.8 Å². The molecule has 0 radical (unpaired) electrons. The van der Waals surface area contributed by atoms with Gasteiger partial charge in [-0.3, -0.25) is 9.59 Å². The summed E-state index contributed by atoms with van der Waals surface area (Å²) >= 11 is 0. The summed E-state index contributed by atoms with van der Waals surface area (Å²) in [6.07, 6.45) is 8.15. The third kappa shape index (κ3) is 4.17. The minimum absolute atomic E-state index is 0.0826. The highest BCUT2D eigenvalue weighted by Gasteiger charge is 2.56. The second kappa shape index (κ2) is 8.52. The quantitative estimate of drug-likeness (QED) is 0.604. The average Bonchev–Trinajstić information content (AvgIpc) is 3.55. The lowest BCUT2D eigenvalue weighted by molar-refractivity contribution is -0.134. The number of morpholine rings is 1. The third-order valence-corrected chi connectivity index (χ3v) is 6.31. The lowest BCUT2D eigenvalue weighted by Crippen LogP contribution is -2.44. The number of hydrogen-bond donors (Lipinski definition) is 2. The normalized spacial score (nSPS) is 22.2. The molecule has 1 saturated heterocycles. The van der Waals surface area contributed by atoms with Crippen molar-refractivity contribution >= 4 is 23.2 Å². The molecule has 28 heavy (non-hydrogen) atoms. The van der Waals surface area contributed by atoms with Gasteiger partial charge in [0.05, 0.1) is 24.6 Å². The average molecular weight is 386 g/mol. The number of amides is 2. The van der Waals surface area contributed by atoms with Crippen LogP contribution in [0.4, 0.5) is 11.4 Å². The monoisotopic (exact) mass is 385 g/mol. The third-order valence-electron chi connectivity index (χ3n) is 6.31. The number of hydrogen-bond acceptors (Lipinski definition) is 4. The van der Waals surface area contributed by atoms with Gasteiger partial charge < -0.3 is 20.3 Å². The molecule has 0 atom stereocenters. The molecule has 1 aliphatic heterocycles. The first-order valence-corrected chi connectivity index (χ1v) is 10.7. The van der Waals surface area contributed by atoms with E-state index in [1.807, 2.05) is 24.3 Å². The Morgan fingerprint density at radius 1 is 0.964 bits per heavy atom. The predicted octanol–water partition coefficient (Wildman–Crippen LogP) is 3.08. The zero-order chi connectivity index (χ0) is 19.4. The van der Waals surface area contributed by atoms with Crippen LogP contribution in [0.25, 0.3) is 0 Å². The first-order chi connectivity index (χ1) is 13.7. The predicted molar refractivity (Wildman–Crippen MR) is 109 cm³/mol. The van der Waals surface area contributed by atoms with E-state index in [4.69, 9.17) is 4.74 Å². The molecule has 6 heteroatoms. The zero-order valence-corrected chi connectivity index (χ0v) is 16.5. The molecule has 1 aromatic rings. The summed E-state index contributed by atoms with van der Waals surface area (Å²) in [5.74, 6) is -0.250. The molecule has 0 unspecified atom stereocenters. The van der Waals surface area contributed by atoms with Gasteiger partial charge in [0, 0.05) is 19.1 Å². The van der Waals surface area contributed by atoms with Gasteiger partial charge in [0.25, 0.3) is 0 Å². The number of carbonyl (C=O) groups is 2. The first-order valence-electron chi connectivity index (χ1n) is 10.7. The molecule has 4 rings (SSSR count). The summed E-state index contributed by atoms with van der Waals surface area (Å²) in [6, 6.07) is 8.06. The van der Waals surface area contributed by atoms with Crippen molar-refractivity contribution in [3.63, 3.8) is 0 Å². The van der Waals surface area contributed by atoms with Crippen molar-refractivity contribution < 1.29 is 14.3 Å². The molecule has 2 aliphatic carbocycles. The molecule has 0 bridgehead atoms. The number of carbonyl (C=O) groups excluding carboxylic acids is 2. The van der Waals surface area contributed by atoms with Gasteiger partial charge in [0.1, 0.15) is 5.41 Å². The van der Waals surface area contributed by atoms with E-state index in [9.17, 15) is 9.59 Å². The number of ether oxygens (including phenoxy) is 1. The van der Waals surface area contributed by atoms with E-state index in [0.717, 1.165) is 50.1 Å². The van der Waals surface area contributed by atoms with E-state index < -0.39 is 5.41 Å². The molecular weight excluding hydrogens is 354 g/mol. The van der Waals surface area contributed by atoms with Crippen molar-refractivity contribution in [3.8, 4) is 0 Å². The van der Waals surface area contributed by atoms with Crippen molar-refractivity contribution in [1.29, 1.82) is 0 Å². The summed E-state index contributed by atoms with van der Waals surface area (Å²) < 4.78 is 5.44. The van der Waals surface area contributed by atoms with Gasteiger partial charge >= 0.3 is 0 Å². The Bertz CT molecular complexity index is 703. The molecule has 0 spiro atoms. The molecule has 152 valence electrons. The van der Waals surface area contributed by atoms with Gasteiger partial charge in [-0.05, 0) is 37.8 Å². The maximum atomic E-state index is 13.1. The highest BCUT2D eigenvalue weighted by molar-refractivity contribution is 6.13. The van der Waals surface area contributed by atoms with E-state index in [1.165, 1.54) is 12.8 Å². The number of anilines is 2. The number of nitrogens with zero attached hydrogens (tertiary/aromatic N) is 1. The molecule has 6 nitrogen and oxygen atoms in total. The van der Waals surface area contributed by atoms with E-state index in [-0.39, 0.29) is 17.9 Å². The highest BCUT2D eigenvalue weighted by atomic mass is 16.5. The fourth-order valence-electron chi connectivity index (χ4n) is 4.33. The van der Waals surface area contributed by atoms with Crippen molar-refractivity contribution in [2.24, 2.45) is 5.41 Å². The summed E-state index contributed by atoms with van der Waals surface area (Å²) in [5.41, 5.74) is 0.895. The lowest BCUT2D eigenvalue weighted by Gasteiger charge is -2.31. The van der Waals surface area contributed by atoms with Crippen LogP contribution in [0.1, 0.15) is 51.4 Å². The summed E-state index contributed by atoms with van der Waals surface area (Å²) in [6.45, 7) is 2.99. The lowest BCUT2D eigenvalue weighted by atomic mass is 10.0. The minimum Gasteiger partial charge on any atom is -0.378 e. The molecule has 2 amide bonds. The maximum absolute atomic E-state index is 13.1. The Balaban J connectivity index is 1.42. The highest BCUT2D eigenvalue weighted by Crippen LogP contribution is 2.47. The fourth-order valence-corrected chi connectivity index (χ4v) is 4.33. The molecule has 1 aromatic carbocycles. The van der Waals surface area contributed by atoms with Crippen molar-refractivity contribution in [2.75, 3.05) is 36.5 Å². The smallest absolute Gasteiger partial charge is 0.240 e. The van der Waals surface area contributed by atoms with Crippen LogP contribution in [0.15, 0.2) is 24.3 Å². The van der Waals surface area contributed by atoms with Gasteiger partial charge in [0.2, 0.25) is 11.8 Å². The van der Waals surface area contributed by atoms with Crippen LogP contribution in [0.2, 0.25) is 0 Å². The maximum Gasteiger partial charge on any atom is 0.240 e. The van der Waals surface area contributed by atoms with Crippen LogP contribution < -0.4 is 15.5 Å². The van der Waals surface area contributed by atoms with Crippen LogP contribution in [0.3, 0.4) is 0 Å². The molecule has 0 aromatic heterocycles. The Morgan fingerprint density at radius 2 is 1.64 bits per heavy atom. The largest absolute Gasteiger partial charge is 0.378 e. The van der Waals surface area contributed by atoms with Gasteiger partial charge in [-0.2, -0.15) is 0 Å². The van der Waals surface area contributed by atoms with E-state index in [2.05, 4.69) is 15.5 Å². The number of nitrogens with one attached hydrogen (secondary N) is 2. The van der Waals surface area contributed by atoms with E-state index in [0.29, 0.717) is 26.1 Å². The Morgan fingerprint density at radius 3 is 2.32 bits per heavy atom. The number of benzene rings is 1. The SMILES string of the molecule is O=C(Nc1ccccc1N1CCOCC1)C1(C(=O)NC2CCCCCC2)CC1. The Hall–Kier alpha value is -2.08. The zero-order valence-electron chi connectivity index (χ0n) is 16.5. The van der Waals surface area contributed by atoms with Crippen LogP contribution in [0.5, 0.6) is 0 Å². The van der Waals surface area contributed by atoms with Gasteiger partial charge in [-0.15, -0.1) is 0 Å². The molecule has 3 aliphatic rings. The Labute approximate surface area is 167 Å². The molecule has 3 fully saturated rings.